The highest BCUT2D eigenvalue weighted by molar-refractivity contribution is 9.10. The van der Waals surface area contributed by atoms with E-state index in [-0.39, 0.29) is 10.8 Å². The minimum absolute atomic E-state index is 0.207. The van der Waals surface area contributed by atoms with E-state index >= 15 is 0 Å². The van der Waals surface area contributed by atoms with Crippen molar-refractivity contribution in [2.75, 3.05) is 27.2 Å². The minimum atomic E-state index is -0.218. The Morgan fingerprint density at radius 2 is 2.07 bits per heavy atom. The highest BCUT2D eigenvalue weighted by Gasteiger charge is 2.16. The molecular formula is C10H20BrNO2. The molecule has 0 bridgehead atoms. The van der Waals surface area contributed by atoms with E-state index < -0.39 is 0 Å². The summed E-state index contributed by atoms with van der Waals surface area (Å²) >= 11 is 3.29. The van der Waals surface area contributed by atoms with Gasteiger partial charge in [0, 0.05) is 6.54 Å². The average Bonchev–Trinajstić information content (AvgIpc) is 2.13. The molecule has 0 aromatic heterocycles. The summed E-state index contributed by atoms with van der Waals surface area (Å²) in [5, 5.41) is 0. The van der Waals surface area contributed by atoms with Gasteiger partial charge in [-0.25, -0.2) is 0 Å². The van der Waals surface area contributed by atoms with E-state index in [0.717, 1.165) is 13.0 Å². The molecule has 0 aliphatic carbocycles. The Labute approximate surface area is 94.9 Å². The van der Waals surface area contributed by atoms with Gasteiger partial charge in [0.15, 0.2) is 0 Å². The molecule has 0 heterocycles. The van der Waals surface area contributed by atoms with E-state index in [9.17, 15) is 4.79 Å². The summed E-state index contributed by atoms with van der Waals surface area (Å²) in [6.45, 7) is 6.09. The molecule has 3 nitrogen and oxygen atoms in total. The van der Waals surface area contributed by atoms with Gasteiger partial charge in [-0.3, -0.25) is 4.79 Å². The molecule has 0 radical (unpaired) electrons. The number of ether oxygens (including phenoxy) is 1. The van der Waals surface area contributed by atoms with Crippen molar-refractivity contribution in [3.05, 3.63) is 0 Å². The Hall–Kier alpha value is -0.0900. The van der Waals surface area contributed by atoms with E-state index in [2.05, 4.69) is 39.4 Å². The quantitative estimate of drug-likeness (QED) is 0.543. The van der Waals surface area contributed by atoms with Crippen LogP contribution in [-0.2, 0) is 9.53 Å². The molecule has 0 aromatic rings. The first-order valence-corrected chi connectivity index (χ1v) is 5.79. The summed E-state index contributed by atoms with van der Waals surface area (Å²) in [4.78, 5) is 13.0. The summed E-state index contributed by atoms with van der Waals surface area (Å²) in [5.74, 6) is 0.491. The second-order valence-corrected chi connectivity index (χ2v) is 5.04. The van der Waals surface area contributed by atoms with Crippen molar-refractivity contribution in [3.63, 3.8) is 0 Å². The molecule has 0 saturated heterocycles. The van der Waals surface area contributed by atoms with Crippen molar-refractivity contribution >= 4 is 21.9 Å². The second kappa shape index (κ2) is 7.23. The SMILES string of the molecule is COC(=O)C(Br)CN(C)CCC(C)C. The maximum Gasteiger partial charge on any atom is 0.320 e. The van der Waals surface area contributed by atoms with Gasteiger partial charge in [0.2, 0.25) is 0 Å². The molecule has 0 aliphatic rings. The Morgan fingerprint density at radius 3 is 2.50 bits per heavy atom. The lowest BCUT2D eigenvalue weighted by Crippen LogP contribution is -2.32. The lowest BCUT2D eigenvalue weighted by atomic mass is 10.1. The number of hydrogen-bond acceptors (Lipinski definition) is 3. The van der Waals surface area contributed by atoms with Crippen molar-refractivity contribution in [1.82, 2.24) is 4.90 Å². The van der Waals surface area contributed by atoms with Crippen LogP contribution in [0.15, 0.2) is 0 Å². The standard InChI is InChI=1S/C10H20BrNO2/c1-8(2)5-6-12(3)7-9(11)10(13)14-4/h8-9H,5-7H2,1-4H3. The molecule has 0 amide bonds. The molecule has 0 aliphatic heterocycles. The van der Waals surface area contributed by atoms with Crippen LogP contribution in [0.1, 0.15) is 20.3 Å². The van der Waals surface area contributed by atoms with Crippen LogP contribution in [0.25, 0.3) is 0 Å². The normalized spacial score (nSPS) is 13.4. The molecule has 1 unspecified atom stereocenters. The molecule has 0 fully saturated rings. The third kappa shape index (κ3) is 6.38. The van der Waals surface area contributed by atoms with E-state index in [4.69, 9.17) is 0 Å². The fraction of sp³-hybridized carbons (Fsp3) is 0.900. The van der Waals surface area contributed by atoms with Crippen LogP contribution in [0.2, 0.25) is 0 Å². The van der Waals surface area contributed by atoms with E-state index in [1.165, 1.54) is 7.11 Å². The van der Waals surface area contributed by atoms with Gasteiger partial charge in [0.25, 0.3) is 0 Å². The van der Waals surface area contributed by atoms with Crippen molar-refractivity contribution in [1.29, 1.82) is 0 Å². The lowest BCUT2D eigenvalue weighted by Gasteiger charge is -2.19. The second-order valence-electron chi connectivity index (χ2n) is 3.94. The number of rotatable bonds is 6. The Balaban J connectivity index is 3.70. The predicted molar refractivity (Wildman–Crippen MR) is 61.7 cm³/mol. The number of alkyl halides is 1. The van der Waals surface area contributed by atoms with Gasteiger partial charge >= 0.3 is 5.97 Å². The molecular weight excluding hydrogens is 246 g/mol. The van der Waals surface area contributed by atoms with E-state index in [1.54, 1.807) is 0 Å². The van der Waals surface area contributed by atoms with Gasteiger partial charge in [-0.05, 0) is 25.9 Å². The highest BCUT2D eigenvalue weighted by Crippen LogP contribution is 2.06. The number of carbonyl (C=O) groups is 1. The van der Waals surface area contributed by atoms with Gasteiger partial charge in [-0.2, -0.15) is 0 Å². The highest BCUT2D eigenvalue weighted by atomic mass is 79.9. The van der Waals surface area contributed by atoms with Gasteiger partial charge in [0.05, 0.1) is 7.11 Å². The molecule has 0 N–H and O–H groups in total. The molecule has 84 valence electrons. The van der Waals surface area contributed by atoms with Crippen LogP contribution in [-0.4, -0.2) is 42.9 Å². The Kier molecular flexibility index (Phi) is 7.19. The zero-order chi connectivity index (χ0) is 11.1. The van der Waals surface area contributed by atoms with Crippen molar-refractivity contribution in [2.24, 2.45) is 5.92 Å². The number of esters is 1. The number of hydrogen-bond donors (Lipinski definition) is 0. The third-order valence-electron chi connectivity index (χ3n) is 2.02. The summed E-state index contributed by atoms with van der Waals surface area (Å²) in [7, 11) is 3.42. The zero-order valence-electron chi connectivity index (χ0n) is 9.42. The maximum absolute atomic E-state index is 11.1. The molecule has 0 saturated carbocycles. The Morgan fingerprint density at radius 1 is 1.50 bits per heavy atom. The van der Waals surface area contributed by atoms with Crippen LogP contribution in [0.3, 0.4) is 0 Å². The maximum atomic E-state index is 11.1. The summed E-state index contributed by atoms with van der Waals surface area (Å²) in [6, 6.07) is 0. The first-order valence-electron chi connectivity index (χ1n) is 4.87. The molecule has 1 atom stereocenters. The number of halogens is 1. The Bertz CT molecular complexity index is 174. The molecule has 4 heteroatoms. The topological polar surface area (TPSA) is 29.5 Å². The third-order valence-corrected chi connectivity index (χ3v) is 2.68. The summed E-state index contributed by atoms with van der Waals surface area (Å²) in [5.41, 5.74) is 0. The van der Waals surface area contributed by atoms with Gasteiger partial charge in [0.1, 0.15) is 4.83 Å². The van der Waals surface area contributed by atoms with Crippen molar-refractivity contribution < 1.29 is 9.53 Å². The van der Waals surface area contributed by atoms with Crippen LogP contribution in [0.4, 0.5) is 0 Å². The van der Waals surface area contributed by atoms with Crippen molar-refractivity contribution in [2.45, 2.75) is 25.1 Å². The number of methoxy groups -OCH3 is 1. The molecule has 0 rings (SSSR count). The van der Waals surface area contributed by atoms with Crippen LogP contribution in [0.5, 0.6) is 0 Å². The van der Waals surface area contributed by atoms with Crippen LogP contribution in [0, 0.1) is 5.92 Å². The first kappa shape index (κ1) is 13.9. The zero-order valence-corrected chi connectivity index (χ0v) is 11.0. The smallest absolute Gasteiger partial charge is 0.320 e. The molecule has 0 spiro atoms. The fourth-order valence-electron chi connectivity index (χ4n) is 1.05. The average molecular weight is 266 g/mol. The predicted octanol–water partition coefficient (Wildman–Crippen LogP) is 1.90. The van der Waals surface area contributed by atoms with E-state index in [0.29, 0.717) is 12.5 Å². The van der Waals surface area contributed by atoms with Crippen molar-refractivity contribution in [3.8, 4) is 0 Å². The van der Waals surface area contributed by atoms with Gasteiger partial charge in [-0.1, -0.05) is 29.8 Å². The lowest BCUT2D eigenvalue weighted by molar-refractivity contribution is -0.140. The summed E-state index contributed by atoms with van der Waals surface area (Å²) in [6.07, 6.45) is 1.15. The largest absolute Gasteiger partial charge is 0.468 e. The van der Waals surface area contributed by atoms with Gasteiger partial charge in [-0.15, -0.1) is 0 Å². The molecule has 14 heavy (non-hydrogen) atoms. The van der Waals surface area contributed by atoms with Crippen LogP contribution >= 0.6 is 15.9 Å². The monoisotopic (exact) mass is 265 g/mol. The minimum Gasteiger partial charge on any atom is -0.468 e. The number of carbonyl (C=O) groups excluding carboxylic acids is 1. The van der Waals surface area contributed by atoms with Gasteiger partial charge < -0.3 is 9.64 Å². The fourth-order valence-corrected chi connectivity index (χ4v) is 1.73. The number of nitrogens with zero attached hydrogens (tertiary/aromatic N) is 1. The first-order chi connectivity index (χ1) is 6.47. The van der Waals surface area contributed by atoms with Crippen LogP contribution < -0.4 is 0 Å². The molecule has 0 aromatic carbocycles. The van der Waals surface area contributed by atoms with E-state index in [1.807, 2.05) is 7.05 Å². The summed E-state index contributed by atoms with van der Waals surface area (Å²) < 4.78 is 4.63.